The summed E-state index contributed by atoms with van der Waals surface area (Å²) in [4.78, 5) is 12.2. The molecule has 0 spiro atoms. The molecule has 0 radical (unpaired) electrons. The number of urea groups is 1. The molecule has 5 nitrogen and oxygen atoms in total. The Labute approximate surface area is 145 Å². The minimum Gasteiger partial charge on any atom is -0.455 e. The number of amides is 2. The van der Waals surface area contributed by atoms with E-state index in [2.05, 4.69) is 10.6 Å². The van der Waals surface area contributed by atoms with E-state index < -0.39 is 11.8 Å². The molecule has 3 rings (SSSR count). The topological polar surface area (TPSA) is 70.6 Å². The van der Waals surface area contributed by atoms with Gasteiger partial charge in [0.15, 0.2) is 11.6 Å². The summed E-state index contributed by atoms with van der Waals surface area (Å²) in [5.74, 6) is 0.223. The van der Waals surface area contributed by atoms with E-state index in [1.54, 1.807) is 18.2 Å². The highest BCUT2D eigenvalue weighted by Crippen LogP contribution is 2.31. The minimum atomic E-state index is -0.567. The number of aliphatic hydroxyl groups is 1. The molecule has 1 saturated carbocycles. The number of benzene rings is 2. The van der Waals surface area contributed by atoms with Gasteiger partial charge in [0.1, 0.15) is 11.4 Å². The van der Waals surface area contributed by atoms with Crippen molar-refractivity contribution in [3.63, 3.8) is 0 Å². The number of carbonyl (C=O) groups is 1. The van der Waals surface area contributed by atoms with Gasteiger partial charge in [-0.1, -0.05) is 24.3 Å². The molecule has 1 fully saturated rings. The molecule has 0 aromatic heterocycles. The molecule has 0 atom stereocenters. The number of nitrogens with one attached hydrogen (secondary N) is 2. The van der Waals surface area contributed by atoms with Crippen molar-refractivity contribution in [1.29, 1.82) is 0 Å². The largest absolute Gasteiger partial charge is 0.455 e. The Morgan fingerprint density at radius 2 is 1.76 bits per heavy atom. The summed E-state index contributed by atoms with van der Waals surface area (Å²) in [7, 11) is 0. The summed E-state index contributed by atoms with van der Waals surface area (Å²) in [5.41, 5.74) is -0.000280. The fourth-order valence-electron chi connectivity index (χ4n) is 2.88. The fourth-order valence-corrected chi connectivity index (χ4v) is 2.88. The Morgan fingerprint density at radius 3 is 2.48 bits per heavy atom. The van der Waals surface area contributed by atoms with Crippen molar-refractivity contribution >= 4 is 11.7 Å². The van der Waals surface area contributed by atoms with E-state index in [9.17, 15) is 14.3 Å². The first-order valence-electron chi connectivity index (χ1n) is 8.39. The standard InChI is InChI=1S/C19H21FN2O3/c20-16-7-4-8-17(25-15-5-2-1-3-6-15)18(16)22-19(24)21-13-9-11-14(23)12-10-13/h1-8,13-14,23H,9-12H2,(H2,21,22,24). The van der Waals surface area contributed by atoms with Crippen molar-refractivity contribution in [1.82, 2.24) is 5.32 Å². The van der Waals surface area contributed by atoms with Crippen LogP contribution in [0.2, 0.25) is 0 Å². The van der Waals surface area contributed by atoms with Crippen molar-refractivity contribution in [3.8, 4) is 11.5 Å². The third kappa shape index (κ3) is 4.70. The van der Waals surface area contributed by atoms with Crippen molar-refractivity contribution in [2.45, 2.75) is 37.8 Å². The summed E-state index contributed by atoms with van der Waals surface area (Å²) < 4.78 is 19.9. The average Bonchev–Trinajstić information content (AvgIpc) is 2.61. The smallest absolute Gasteiger partial charge is 0.319 e. The molecule has 132 valence electrons. The molecule has 0 aliphatic heterocycles. The van der Waals surface area contributed by atoms with Gasteiger partial charge in [-0.25, -0.2) is 9.18 Å². The van der Waals surface area contributed by atoms with Crippen molar-refractivity contribution in [2.24, 2.45) is 0 Å². The Hall–Kier alpha value is -2.60. The number of halogens is 1. The summed E-state index contributed by atoms with van der Waals surface area (Å²) in [5, 5.41) is 14.9. The lowest BCUT2D eigenvalue weighted by Crippen LogP contribution is -2.41. The van der Waals surface area contributed by atoms with Crippen LogP contribution in [0.15, 0.2) is 48.5 Å². The third-order valence-corrected chi connectivity index (χ3v) is 4.22. The first-order valence-corrected chi connectivity index (χ1v) is 8.39. The molecule has 25 heavy (non-hydrogen) atoms. The van der Waals surface area contributed by atoms with E-state index in [4.69, 9.17) is 4.74 Å². The maximum atomic E-state index is 14.2. The molecule has 2 aromatic carbocycles. The number of rotatable bonds is 4. The van der Waals surface area contributed by atoms with Crippen LogP contribution in [-0.4, -0.2) is 23.3 Å². The van der Waals surface area contributed by atoms with E-state index >= 15 is 0 Å². The Morgan fingerprint density at radius 1 is 1.04 bits per heavy atom. The van der Waals surface area contributed by atoms with Crippen LogP contribution in [0.25, 0.3) is 0 Å². The predicted octanol–water partition coefficient (Wildman–Crippen LogP) is 4.04. The maximum absolute atomic E-state index is 14.2. The van der Waals surface area contributed by atoms with E-state index in [1.807, 2.05) is 18.2 Å². The lowest BCUT2D eigenvalue weighted by atomic mass is 9.93. The number of carbonyl (C=O) groups excluding carboxylic acids is 1. The molecule has 0 unspecified atom stereocenters. The van der Waals surface area contributed by atoms with Gasteiger partial charge in [-0.3, -0.25) is 0 Å². The Kier molecular flexibility index (Phi) is 5.50. The molecular weight excluding hydrogens is 323 g/mol. The van der Waals surface area contributed by atoms with E-state index in [-0.39, 0.29) is 23.6 Å². The monoisotopic (exact) mass is 344 g/mol. The lowest BCUT2D eigenvalue weighted by Gasteiger charge is -2.26. The van der Waals surface area contributed by atoms with Crippen LogP contribution in [-0.2, 0) is 0 Å². The summed E-state index contributed by atoms with van der Waals surface area (Å²) in [6, 6.07) is 12.9. The van der Waals surface area contributed by atoms with Gasteiger partial charge in [0, 0.05) is 6.04 Å². The normalized spacial score (nSPS) is 19.9. The van der Waals surface area contributed by atoms with Gasteiger partial charge in [-0.05, 0) is 49.9 Å². The van der Waals surface area contributed by atoms with Crippen LogP contribution in [0.3, 0.4) is 0 Å². The van der Waals surface area contributed by atoms with Gasteiger partial charge in [0.25, 0.3) is 0 Å². The van der Waals surface area contributed by atoms with Gasteiger partial charge < -0.3 is 20.5 Å². The zero-order chi connectivity index (χ0) is 17.6. The fraction of sp³-hybridized carbons (Fsp3) is 0.316. The number of anilines is 1. The van der Waals surface area contributed by atoms with Crippen LogP contribution >= 0.6 is 0 Å². The zero-order valence-electron chi connectivity index (χ0n) is 13.7. The summed E-state index contributed by atoms with van der Waals surface area (Å²) >= 11 is 0. The molecule has 0 saturated heterocycles. The number of para-hydroxylation sites is 2. The van der Waals surface area contributed by atoms with Gasteiger partial charge >= 0.3 is 6.03 Å². The molecule has 0 bridgehead atoms. The lowest BCUT2D eigenvalue weighted by molar-refractivity contribution is 0.118. The van der Waals surface area contributed by atoms with Crippen LogP contribution in [0.5, 0.6) is 11.5 Å². The highest BCUT2D eigenvalue weighted by molar-refractivity contribution is 5.91. The van der Waals surface area contributed by atoms with Crippen molar-refractivity contribution in [2.75, 3.05) is 5.32 Å². The Bertz CT molecular complexity index is 716. The molecule has 6 heteroatoms. The van der Waals surface area contributed by atoms with Crippen LogP contribution in [0.4, 0.5) is 14.9 Å². The Balaban J connectivity index is 1.68. The van der Waals surface area contributed by atoms with Crippen molar-refractivity contribution < 1.29 is 19.0 Å². The predicted molar refractivity (Wildman–Crippen MR) is 93.3 cm³/mol. The number of hydrogen-bond acceptors (Lipinski definition) is 3. The average molecular weight is 344 g/mol. The van der Waals surface area contributed by atoms with Gasteiger partial charge in [0.05, 0.1) is 6.10 Å². The van der Waals surface area contributed by atoms with E-state index in [0.29, 0.717) is 31.4 Å². The quantitative estimate of drug-likeness (QED) is 0.784. The number of ether oxygens (including phenoxy) is 1. The number of hydrogen-bond donors (Lipinski definition) is 3. The molecule has 0 heterocycles. The third-order valence-electron chi connectivity index (χ3n) is 4.22. The molecular formula is C19H21FN2O3. The van der Waals surface area contributed by atoms with Crippen molar-refractivity contribution in [3.05, 3.63) is 54.3 Å². The summed E-state index contributed by atoms with van der Waals surface area (Å²) in [6.07, 6.45) is 2.44. The second-order valence-electron chi connectivity index (χ2n) is 6.13. The molecule has 2 amide bonds. The van der Waals surface area contributed by atoms with E-state index in [0.717, 1.165) is 0 Å². The van der Waals surface area contributed by atoms with Crippen LogP contribution in [0, 0.1) is 5.82 Å². The van der Waals surface area contributed by atoms with Crippen LogP contribution < -0.4 is 15.4 Å². The van der Waals surface area contributed by atoms with Gasteiger partial charge in [-0.2, -0.15) is 0 Å². The first kappa shape index (κ1) is 17.2. The highest BCUT2D eigenvalue weighted by atomic mass is 19.1. The second kappa shape index (κ2) is 7.98. The SMILES string of the molecule is O=C(Nc1c(F)cccc1Oc1ccccc1)NC1CCC(O)CC1. The first-order chi connectivity index (χ1) is 12.1. The molecule has 3 N–H and O–H groups in total. The molecule has 1 aliphatic rings. The number of aliphatic hydroxyl groups excluding tert-OH is 1. The minimum absolute atomic E-state index is 0.000280. The zero-order valence-corrected chi connectivity index (χ0v) is 13.7. The van der Waals surface area contributed by atoms with Gasteiger partial charge in [-0.15, -0.1) is 0 Å². The maximum Gasteiger partial charge on any atom is 0.319 e. The highest BCUT2D eigenvalue weighted by Gasteiger charge is 2.22. The molecule has 2 aromatic rings. The molecule has 1 aliphatic carbocycles. The summed E-state index contributed by atoms with van der Waals surface area (Å²) in [6.45, 7) is 0. The van der Waals surface area contributed by atoms with Gasteiger partial charge in [0.2, 0.25) is 0 Å². The van der Waals surface area contributed by atoms with E-state index in [1.165, 1.54) is 12.1 Å². The van der Waals surface area contributed by atoms with Crippen LogP contribution in [0.1, 0.15) is 25.7 Å². The second-order valence-corrected chi connectivity index (χ2v) is 6.13.